The fourth-order valence-electron chi connectivity index (χ4n) is 2.58. The fraction of sp³-hybridized carbons (Fsp3) is 0.500. The van der Waals surface area contributed by atoms with Gasteiger partial charge in [0, 0.05) is 18.8 Å². The Labute approximate surface area is 125 Å². The highest BCUT2D eigenvalue weighted by Gasteiger charge is 2.27. The lowest BCUT2D eigenvalue weighted by Gasteiger charge is -2.29. The highest BCUT2D eigenvalue weighted by atomic mass is 16.4. The van der Waals surface area contributed by atoms with E-state index in [1.165, 1.54) is 0 Å². The summed E-state index contributed by atoms with van der Waals surface area (Å²) >= 11 is 0. The molecule has 1 aromatic rings. The van der Waals surface area contributed by atoms with Gasteiger partial charge in [-0.15, -0.1) is 0 Å². The van der Waals surface area contributed by atoms with Gasteiger partial charge in [-0.25, -0.2) is 0 Å². The topological polar surface area (TPSA) is 69.6 Å². The number of rotatable bonds is 5. The Bertz CT molecular complexity index is 493. The van der Waals surface area contributed by atoms with E-state index in [-0.39, 0.29) is 24.8 Å². The number of nitrogens with one attached hydrogen (secondary N) is 1. The van der Waals surface area contributed by atoms with E-state index in [1.54, 1.807) is 4.90 Å². The minimum atomic E-state index is -0.887. The molecule has 0 saturated carbocycles. The zero-order valence-electron chi connectivity index (χ0n) is 12.3. The third-order valence-electron chi connectivity index (χ3n) is 3.81. The quantitative estimate of drug-likeness (QED) is 0.867. The maximum atomic E-state index is 12.7. The Balaban J connectivity index is 2.15. The highest BCUT2D eigenvalue weighted by Crippen LogP contribution is 2.21. The van der Waals surface area contributed by atoms with Gasteiger partial charge in [0.2, 0.25) is 5.91 Å². The lowest BCUT2D eigenvalue weighted by Crippen LogP contribution is -2.44. The molecule has 114 valence electrons. The second-order valence-electron chi connectivity index (χ2n) is 5.51. The summed E-state index contributed by atoms with van der Waals surface area (Å²) in [5.74, 6) is -0.928. The molecule has 2 N–H and O–H groups in total. The Morgan fingerprint density at radius 2 is 2.05 bits per heavy atom. The van der Waals surface area contributed by atoms with E-state index in [4.69, 9.17) is 5.11 Å². The summed E-state index contributed by atoms with van der Waals surface area (Å²) in [5, 5.41) is 12.1. The van der Waals surface area contributed by atoms with Crippen LogP contribution in [0.2, 0.25) is 0 Å². The van der Waals surface area contributed by atoms with E-state index in [0.717, 1.165) is 30.6 Å². The third kappa shape index (κ3) is 4.29. The van der Waals surface area contributed by atoms with Crippen molar-refractivity contribution in [3.63, 3.8) is 0 Å². The van der Waals surface area contributed by atoms with Crippen LogP contribution in [0.25, 0.3) is 0 Å². The average molecular weight is 290 g/mol. The zero-order valence-corrected chi connectivity index (χ0v) is 12.3. The van der Waals surface area contributed by atoms with E-state index in [9.17, 15) is 9.59 Å². The molecule has 5 nitrogen and oxygen atoms in total. The second-order valence-corrected chi connectivity index (χ2v) is 5.51. The minimum absolute atomic E-state index is 0.0207. The van der Waals surface area contributed by atoms with Crippen LogP contribution in [-0.2, 0) is 9.59 Å². The van der Waals surface area contributed by atoms with Crippen molar-refractivity contribution in [3.8, 4) is 0 Å². The summed E-state index contributed by atoms with van der Waals surface area (Å²) < 4.78 is 0. The van der Waals surface area contributed by atoms with E-state index >= 15 is 0 Å². The van der Waals surface area contributed by atoms with Crippen molar-refractivity contribution < 1.29 is 14.7 Å². The predicted molar refractivity (Wildman–Crippen MR) is 81.4 cm³/mol. The molecule has 1 aliphatic rings. The molecule has 5 heteroatoms. The highest BCUT2D eigenvalue weighted by molar-refractivity contribution is 5.95. The largest absolute Gasteiger partial charge is 0.481 e. The molecular formula is C16H22N2O3. The molecule has 0 bridgehead atoms. The van der Waals surface area contributed by atoms with Gasteiger partial charge in [-0.05, 0) is 38.4 Å². The zero-order chi connectivity index (χ0) is 15.2. The first kappa shape index (κ1) is 15.5. The SMILES string of the molecule is Cc1ccc(N(CCC(=O)O)C(=O)[C@@H]2CCCNC2)cc1. The first-order valence-corrected chi connectivity index (χ1v) is 7.38. The lowest BCUT2D eigenvalue weighted by molar-refractivity contribution is -0.136. The molecule has 0 aromatic heterocycles. The van der Waals surface area contributed by atoms with Gasteiger partial charge in [-0.1, -0.05) is 17.7 Å². The van der Waals surface area contributed by atoms with Gasteiger partial charge in [0.05, 0.1) is 12.3 Å². The number of anilines is 1. The number of hydrogen-bond donors (Lipinski definition) is 2. The molecule has 1 aliphatic heterocycles. The summed E-state index contributed by atoms with van der Waals surface area (Å²) in [5.41, 5.74) is 1.89. The number of piperidine rings is 1. The molecular weight excluding hydrogens is 268 g/mol. The van der Waals surface area contributed by atoms with Crippen molar-refractivity contribution in [2.75, 3.05) is 24.5 Å². The first-order chi connectivity index (χ1) is 10.1. The molecule has 21 heavy (non-hydrogen) atoms. The maximum Gasteiger partial charge on any atom is 0.305 e. The van der Waals surface area contributed by atoms with Gasteiger partial charge < -0.3 is 15.3 Å². The summed E-state index contributed by atoms with van der Waals surface area (Å²) in [6.07, 6.45) is 1.80. The van der Waals surface area contributed by atoms with Crippen molar-refractivity contribution in [2.45, 2.75) is 26.2 Å². The molecule has 1 atom stereocenters. The van der Waals surface area contributed by atoms with Gasteiger partial charge in [0.15, 0.2) is 0 Å². The lowest BCUT2D eigenvalue weighted by atomic mass is 9.97. The number of carboxylic acid groups (broad SMARTS) is 1. The number of aliphatic carboxylic acids is 1. The maximum absolute atomic E-state index is 12.7. The van der Waals surface area contributed by atoms with Crippen molar-refractivity contribution in [3.05, 3.63) is 29.8 Å². The van der Waals surface area contributed by atoms with Crippen molar-refractivity contribution in [2.24, 2.45) is 5.92 Å². The van der Waals surface area contributed by atoms with Crippen LogP contribution < -0.4 is 10.2 Å². The van der Waals surface area contributed by atoms with Gasteiger partial charge in [0.1, 0.15) is 0 Å². The number of carbonyl (C=O) groups is 2. The standard InChI is InChI=1S/C16H22N2O3/c1-12-4-6-14(7-5-12)18(10-8-15(19)20)16(21)13-3-2-9-17-11-13/h4-7,13,17H,2-3,8-11H2,1H3,(H,19,20)/t13-/m1/s1. The monoisotopic (exact) mass is 290 g/mol. The molecule has 1 heterocycles. The second kappa shape index (κ2) is 7.22. The van der Waals surface area contributed by atoms with Crippen molar-refractivity contribution in [1.29, 1.82) is 0 Å². The molecule has 2 rings (SSSR count). The third-order valence-corrected chi connectivity index (χ3v) is 3.81. The number of nitrogens with zero attached hydrogens (tertiary/aromatic N) is 1. The number of aryl methyl sites for hydroxylation is 1. The Morgan fingerprint density at radius 1 is 1.33 bits per heavy atom. The normalized spacial score (nSPS) is 18.2. The van der Waals surface area contributed by atoms with E-state index in [1.807, 2.05) is 31.2 Å². The molecule has 1 saturated heterocycles. The molecule has 0 radical (unpaired) electrons. The number of carbonyl (C=O) groups excluding carboxylic acids is 1. The van der Waals surface area contributed by atoms with Crippen LogP contribution in [0.1, 0.15) is 24.8 Å². The van der Waals surface area contributed by atoms with Crippen LogP contribution in [0.4, 0.5) is 5.69 Å². The number of carboxylic acids is 1. The van der Waals surface area contributed by atoms with Crippen molar-refractivity contribution >= 4 is 17.6 Å². The average Bonchev–Trinajstić information content (AvgIpc) is 2.49. The first-order valence-electron chi connectivity index (χ1n) is 7.38. The van der Waals surface area contributed by atoms with E-state index < -0.39 is 5.97 Å². The molecule has 1 aromatic carbocycles. The van der Waals surface area contributed by atoms with Gasteiger partial charge >= 0.3 is 5.97 Å². The Kier molecular flexibility index (Phi) is 5.33. The van der Waals surface area contributed by atoms with E-state index in [0.29, 0.717) is 6.54 Å². The van der Waals surface area contributed by atoms with Crippen LogP contribution in [0.15, 0.2) is 24.3 Å². The molecule has 0 unspecified atom stereocenters. The van der Waals surface area contributed by atoms with Gasteiger partial charge in [0.25, 0.3) is 0 Å². The van der Waals surface area contributed by atoms with E-state index in [2.05, 4.69) is 5.32 Å². The number of benzene rings is 1. The van der Waals surface area contributed by atoms with Crippen LogP contribution in [0, 0.1) is 12.8 Å². The van der Waals surface area contributed by atoms with Crippen LogP contribution in [0.3, 0.4) is 0 Å². The summed E-state index contributed by atoms with van der Waals surface area (Å²) in [6.45, 7) is 3.82. The smallest absolute Gasteiger partial charge is 0.305 e. The fourth-order valence-corrected chi connectivity index (χ4v) is 2.58. The predicted octanol–water partition coefficient (Wildman–Crippen LogP) is 1.80. The van der Waals surface area contributed by atoms with Crippen LogP contribution >= 0.6 is 0 Å². The Morgan fingerprint density at radius 3 is 2.62 bits per heavy atom. The van der Waals surface area contributed by atoms with Gasteiger partial charge in [-0.2, -0.15) is 0 Å². The van der Waals surface area contributed by atoms with Crippen LogP contribution in [-0.4, -0.2) is 36.6 Å². The molecule has 0 spiro atoms. The van der Waals surface area contributed by atoms with Crippen LogP contribution in [0.5, 0.6) is 0 Å². The molecule has 0 aliphatic carbocycles. The summed E-state index contributed by atoms with van der Waals surface area (Å²) in [7, 11) is 0. The Hall–Kier alpha value is -1.88. The molecule has 1 fully saturated rings. The van der Waals surface area contributed by atoms with Crippen molar-refractivity contribution in [1.82, 2.24) is 5.32 Å². The summed E-state index contributed by atoms with van der Waals surface area (Å²) in [6, 6.07) is 7.64. The van der Waals surface area contributed by atoms with Gasteiger partial charge in [-0.3, -0.25) is 9.59 Å². The summed E-state index contributed by atoms with van der Waals surface area (Å²) in [4.78, 5) is 25.1. The molecule has 1 amide bonds. The number of hydrogen-bond acceptors (Lipinski definition) is 3. The minimum Gasteiger partial charge on any atom is -0.481 e. The number of amides is 1.